The smallest absolute Gasteiger partial charge is 0.0593 e. The van der Waals surface area contributed by atoms with E-state index < -0.39 is 0 Å². The lowest BCUT2D eigenvalue weighted by molar-refractivity contribution is 0.313. The number of alkyl halides is 1. The summed E-state index contributed by atoms with van der Waals surface area (Å²) in [7, 11) is 0. The van der Waals surface area contributed by atoms with Gasteiger partial charge in [-0.1, -0.05) is 52.8 Å². The Kier molecular flexibility index (Phi) is 3.53. The molecule has 0 heterocycles. The Labute approximate surface area is 117 Å². The Morgan fingerprint density at radius 2 is 1.89 bits per heavy atom. The first-order valence-corrected chi connectivity index (χ1v) is 7.40. The Hall–Kier alpha value is -0.490. The van der Waals surface area contributed by atoms with Crippen molar-refractivity contribution in [3.05, 3.63) is 34.9 Å². The first kappa shape index (κ1) is 13.9. The van der Waals surface area contributed by atoms with Crippen LogP contribution < -0.4 is 0 Å². The van der Waals surface area contributed by atoms with Gasteiger partial charge < -0.3 is 0 Å². The van der Waals surface area contributed by atoms with Gasteiger partial charge in [0.15, 0.2) is 0 Å². The van der Waals surface area contributed by atoms with Crippen molar-refractivity contribution in [3.63, 3.8) is 0 Å². The molecule has 0 saturated carbocycles. The molecule has 0 fully saturated rings. The van der Waals surface area contributed by atoms with Gasteiger partial charge in [0.05, 0.1) is 5.38 Å². The minimum Gasteiger partial charge on any atom is -0.118 e. The van der Waals surface area contributed by atoms with E-state index in [0.29, 0.717) is 5.41 Å². The van der Waals surface area contributed by atoms with Gasteiger partial charge in [-0.3, -0.25) is 0 Å². The molecule has 0 aliphatic heterocycles. The van der Waals surface area contributed by atoms with Crippen LogP contribution in [-0.4, -0.2) is 0 Å². The van der Waals surface area contributed by atoms with Gasteiger partial charge in [-0.25, -0.2) is 0 Å². The van der Waals surface area contributed by atoms with Gasteiger partial charge >= 0.3 is 0 Å². The molecule has 0 aromatic heterocycles. The molecular weight excluding hydrogens is 240 g/mol. The van der Waals surface area contributed by atoms with Gasteiger partial charge in [-0.05, 0) is 46.8 Å². The van der Waals surface area contributed by atoms with Crippen LogP contribution in [0.1, 0.15) is 69.5 Å². The van der Waals surface area contributed by atoms with Gasteiger partial charge in [-0.2, -0.15) is 0 Å². The number of rotatable bonds is 0. The van der Waals surface area contributed by atoms with Crippen LogP contribution >= 0.6 is 11.6 Å². The fourth-order valence-corrected chi connectivity index (χ4v) is 3.37. The standard InChI is InChI=1S/C17H25Cl/c1-16(2,3)13-7-6-12-8-9-17(4,5)11-15(18)14(12)10-13/h6-7,10,15H,8-9,11H2,1-5H3. The van der Waals surface area contributed by atoms with E-state index in [-0.39, 0.29) is 10.8 Å². The monoisotopic (exact) mass is 264 g/mol. The summed E-state index contributed by atoms with van der Waals surface area (Å²) in [4.78, 5) is 0. The zero-order chi connectivity index (χ0) is 13.6. The van der Waals surface area contributed by atoms with Gasteiger partial charge in [-0.15, -0.1) is 11.6 Å². The summed E-state index contributed by atoms with van der Waals surface area (Å²) < 4.78 is 0. The quantitative estimate of drug-likeness (QED) is 0.421. The summed E-state index contributed by atoms with van der Waals surface area (Å²) in [6.07, 6.45) is 3.48. The molecule has 0 amide bonds. The molecule has 18 heavy (non-hydrogen) atoms. The van der Waals surface area contributed by atoms with E-state index in [9.17, 15) is 0 Å². The molecule has 2 rings (SSSR count). The molecule has 0 saturated heterocycles. The largest absolute Gasteiger partial charge is 0.118 e. The Balaban J connectivity index is 2.42. The van der Waals surface area contributed by atoms with Crippen LogP contribution in [0.25, 0.3) is 0 Å². The van der Waals surface area contributed by atoms with E-state index in [1.54, 1.807) is 0 Å². The summed E-state index contributed by atoms with van der Waals surface area (Å²) >= 11 is 6.66. The van der Waals surface area contributed by atoms with Crippen molar-refractivity contribution in [3.8, 4) is 0 Å². The van der Waals surface area contributed by atoms with Gasteiger partial charge in [0.1, 0.15) is 0 Å². The highest BCUT2D eigenvalue weighted by Gasteiger charge is 2.29. The second-order valence-electron chi connectivity index (χ2n) is 7.50. The maximum absolute atomic E-state index is 6.66. The molecule has 1 heteroatoms. The number of fused-ring (bicyclic) bond motifs is 1. The summed E-state index contributed by atoms with van der Waals surface area (Å²) in [5, 5.41) is 0.166. The number of halogens is 1. The van der Waals surface area contributed by atoms with E-state index >= 15 is 0 Å². The second kappa shape index (κ2) is 4.56. The minimum absolute atomic E-state index is 0.166. The number of aryl methyl sites for hydroxylation is 1. The Bertz CT molecular complexity index is 437. The van der Waals surface area contributed by atoms with Crippen LogP contribution in [0.2, 0.25) is 0 Å². The summed E-state index contributed by atoms with van der Waals surface area (Å²) in [6.45, 7) is 11.5. The minimum atomic E-state index is 0.166. The van der Waals surface area contributed by atoms with Crippen molar-refractivity contribution in [2.45, 2.75) is 64.7 Å². The van der Waals surface area contributed by atoms with Crippen molar-refractivity contribution in [2.24, 2.45) is 5.41 Å². The number of benzene rings is 1. The fourth-order valence-electron chi connectivity index (χ4n) is 2.75. The lowest BCUT2D eigenvalue weighted by atomic mass is 9.84. The lowest BCUT2D eigenvalue weighted by Crippen LogP contribution is -2.13. The lowest BCUT2D eigenvalue weighted by Gasteiger charge is -2.24. The van der Waals surface area contributed by atoms with E-state index in [1.165, 1.54) is 23.1 Å². The van der Waals surface area contributed by atoms with E-state index in [1.807, 2.05) is 0 Å². The molecule has 1 aromatic rings. The topological polar surface area (TPSA) is 0 Å². The molecule has 1 aliphatic carbocycles. The third-order valence-electron chi connectivity index (χ3n) is 4.15. The molecule has 1 aliphatic rings. The van der Waals surface area contributed by atoms with E-state index in [0.717, 1.165) is 12.8 Å². The Morgan fingerprint density at radius 3 is 2.50 bits per heavy atom. The normalized spacial score (nSPS) is 23.3. The second-order valence-corrected chi connectivity index (χ2v) is 8.03. The summed E-state index contributed by atoms with van der Waals surface area (Å²) in [5.41, 5.74) is 4.77. The molecule has 0 N–H and O–H groups in total. The van der Waals surface area contributed by atoms with Crippen molar-refractivity contribution in [1.29, 1.82) is 0 Å². The van der Waals surface area contributed by atoms with Crippen LogP contribution in [-0.2, 0) is 11.8 Å². The van der Waals surface area contributed by atoms with Crippen LogP contribution in [0.3, 0.4) is 0 Å². The predicted molar refractivity (Wildman–Crippen MR) is 80.5 cm³/mol. The molecule has 1 aromatic carbocycles. The van der Waals surface area contributed by atoms with E-state index in [2.05, 4.69) is 52.8 Å². The average Bonchev–Trinajstić information content (AvgIpc) is 2.34. The van der Waals surface area contributed by atoms with E-state index in [4.69, 9.17) is 11.6 Å². The summed E-state index contributed by atoms with van der Waals surface area (Å²) in [6, 6.07) is 6.92. The number of hydrogen-bond acceptors (Lipinski definition) is 0. The van der Waals surface area contributed by atoms with Gasteiger partial charge in [0.2, 0.25) is 0 Å². The van der Waals surface area contributed by atoms with Crippen LogP contribution in [0.4, 0.5) is 0 Å². The fraction of sp³-hybridized carbons (Fsp3) is 0.647. The first-order valence-electron chi connectivity index (χ1n) is 6.96. The van der Waals surface area contributed by atoms with Crippen LogP contribution in [0, 0.1) is 5.41 Å². The molecule has 0 nitrogen and oxygen atoms in total. The highest BCUT2D eigenvalue weighted by Crippen LogP contribution is 2.43. The van der Waals surface area contributed by atoms with Crippen molar-refractivity contribution in [1.82, 2.24) is 0 Å². The molecule has 0 radical (unpaired) electrons. The molecule has 0 spiro atoms. The molecule has 100 valence electrons. The highest BCUT2D eigenvalue weighted by molar-refractivity contribution is 6.21. The van der Waals surface area contributed by atoms with Gasteiger partial charge in [0.25, 0.3) is 0 Å². The van der Waals surface area contributed by atoms with Gasteiger partial charge in [0, 0.05) is 0 Å². The molecule has 1 unspecified atom stereocenters. The third kappa shape index (κ3) is 2.91. The zero-order valence-corrected chi connectivity index (χ0v) is 13.1. The first-order chi connectivity index (χ1) is 8.19. The maximum atomic E-state index is 6.66. The van der Waals surface area contributed by atoms with Crippen molar-refractivity contribution < 1.29 is 0 Å². The predicted octanol–water partition coefficient (Wildman–Crippen LogP) is 5.63. The molecular formula is C17H25Cl. The molecule has 0 bridgehead atoms. The number of hydrogen-bond donors (Lipinski definition) is 0. The maximum Gasteiger partial charge on any atom is 0.0593 e. The SMILES string of the molecule is CC1(C)CCc2ccc(C(C)(C)C)cc2C(Cl)C1. The third-order valence-corrected chi connectivity index (χ3v) is 4.54. The van der Waals surface area contributed by atoms with Crippen LogP contribution in [0.5, 0.6) is 0 Å². The zero-order valence-electron chi connectivity index (χ0n) is 12.3. The van der Waals surface area contributed by atoms with Crippen molar-refractivity contribution >= 4 is 11.6 Å². The summed E-state index contributed by atoms with van der Waals surface area (Å²) in [5.74, 6) is 0. The van der Waals surface area contributed by atoms with Crippen LogP contribution in [0.15, 0.2) is 18.2 Å². The molecule has 1 atom stereocenters. The Morgan fingerprint density at radius 1 is 1.22 bits per heavy atom. The average molecular weight is 265 g/mol. The highest BCUT2D eigenvalue weighted by atomic mass is 35.5. The van der Waals surface area contributed by atoms with Crippen molar-refractivity contribution in [2.75, 3.05) is 0 Å².